The lowest BCUT2D eigenvalue weighted by molar-refractivity contribution is -0.122. The maximum absolute atomic E-state index is 12.6. The number of carbonyl (C=O) groups excluding carboxylic acids is 1. The van der Waals surface area contributed by atoms with Gasteiger partial charge in [0.25, 0.3) is 0 Å². The van der Waals surface area contributed by atoms with Crippen LogP contribution in [0, 0.1) is 0 Å². The van der Waals surface area contributed by atoms with Crippen molar-refractivity contribution in [2.24, 2.45) is 0 Å². The lowest BCUT2D eigenvalue weighted by Crippen LogP contribution is -2.47. The highest BCUT2D eigenvalue weighted by Gasteiger charge is 2.29. The Kier molecular flexibility index (Phi) is 7.28. The first-order valence-electron chi connectivity index (χ1n) is 8.89. The average Bonchev–Trinajstić information content (AvgIpc) is 2.66. The van der Waals surface area contributed by atoms with Crippen LogP contribution >= 0.6 is 0 Å². The number of nitrogens with zero attached hydrogens (tertiary/aromatic N) is 1. The van der Waals surface area contributed by atoms with Crippen molar-refractivity contribution in [3.8, 4) is 11.5 Å². The molecule has 0 heterocycles. The molecule has 8 heteroatoms. The molecule has 1 atom stereocenters. The standard InChI is InChI=1S/C20H26N2O5S/c1-5-27-19-8-6-7-16(13-19)14-21-20(23)15(2)22(28(4,24)25)17-9-11-18(26-3)12-10-17/h6-13,15H,5,14H2,1-4H3,(H,21,23). The van der Waals surface area contributed by atoms with Gasteiger partial charge in [-0.2, -0.15) is 0 Å². The molecule has 2 aromatic carbocycles. The zero-order valence-electron chi connectivity index (χ0n) is 16.5. The Balaban J connectivity index is 2.14. The van der Waals surface area contributed by atoms with Gasteiger partial charge < -0.3 is 14.8 Å². The summed E-state index contributed by atoms with van der Waals surface area (Å²) in [5.41, 5.74) is 1.26. The maximum atomic E-state index is 12.6. The molecule has 1 unspecified atom stereocenters. The first kappa shape index (κ1) is 21.6. The van der Waals surface area contributed by atoms with Crippen molar-refractivity contribution in [1.82, 2.24) is 5.32 Å². The third-order valence-electron chi connectivity index (χ3n) is 4.09. The summed E-state index contributed by atoms with van der Waals surface area (Å²) in [5.74, 6) is 0.921. The Labute approximate surface area is 166 Å². The van der Waals surface area contributed by atoms with Gasteiger partial charge in [0.05, 0.1) is 25.7 Å². The summed E-state index contributed by atoms with van der Waals surface area (Å²) in [4.78, 5) is 12.6. The van der Waals surface area contributed by atoms with Gasteiger partial charge in [0.1, 0.15) is 17.5 Å². The predicted molar refractivity (Wildman–Crippen MR) is 109 cm³/mol. The molecule has 0 aliphatic rings. The van der Waals surface area contributed by atoms with Crippen molar-refractivity contribution in [2.45, 2.75) is 26.4 Å². The number of sulfonamides is 1. The Morgan fingerprint density at radius 3 is 2.39 bits per heavy atom. The van der Waals surface area contributed by atoms with E-state index in [0.717, 1.165) is 21.9 Å². The quantitative estimate of drug-likeness (QED) is 0.692. The van der Waals surface area contributed by atoms with Crippen molar-refractivity contribution in [3.63, 3.8) is 0 Å². The Morgan fingerprint density at radius 1 is 1.14 bits per heavy atom. The smallest absolute Gasteiger partial charge is 0.243 e. The summed E-state index contributed by atoms with van der Waals surface area (Å²) in [6, 6.07) is 13.0. The summed E-state index contributed by atoms with van der Waals surface area (Å²) < 4.78 is 36.3. The minimum Gasteiger partial charge on any atom is -0.497 e. The van der Waals surface area contributed by atoms with Crippen LogP contribution in [0.1, 0.15) is 19.4 Å². The van der Waals surface area contributed by atoms with Crippen LogP contribution < -0.4 is 19.1 Å². The number of carbonyl (C=O) groups is 1. The molecule has 0 fully saturated rings. The molecule has 2 rings (SSSR count). The number of rotatable bonds is 9. The normalized spacial score (nSPS) is 12.1. The Bertz CT molecular complexity index is 897. The van der Waals surface area contributed by atoms with E-state index in [2.05, 4.69) is 5.32 Å². The second kappa shape index (κ2) is 9.45. The second-order valence-corrected chi connectivity index (χ2v) is 8.09. The van der Waals surface area contributed by atoms with Crippen molar-refractivity contribution in [1.29, 1.82) is 0 Å². The van der Waals surface area contributed by atoms with E-state index in [1.165, 1.54) is 7.11 Å². The number of anilines is 1. The minimum absolute atomic E-state index is 0.268. The number of benzene rings is 2. The number of hydrogen-bond acceptors (Lipinski definition) is 5. The largest absolute Gasteiger partial charge is 0.497 e. The van der Waals surface area contributed by atoms with E-state index in [-0.39, 0.29) is 6.54 Å². The lowest BCUT2D eigenvalue weighted by atomic mass is 10.2. The van der Waals surface area contributed by atoms with Gasteiger partial charge in [-0.1, -0.05) is 12.1 Å². The van der Waals surface area contributed by atoms with E-state index in [1.807, 2.05) is 31.2 Å². The molecule has 7 nitrogen and oxygen atoms in total. The molecule has 1 N–H and O–H groups in total. The molecule has 0 aliphatic carbocycles. The van der Waals surface area contributed by atoms with Crippen molar-refractivity contribution in [2.75, 3.05) is 24.3 Å². The summed E-state index contributed by atoms with van der Waals surface area (Å²) in [5, 5.41) is 2.79. The number of amides is 1. The van der Waals surface area contributed by atoms with Crippen LogP contribution in [-0.4, -0.2) is 40.3 Å². The third kappa shape index (κ3) is 5.63. The second-order valence-electron chi connectivity index (χ2n) is 6.23. The van der Waals surface area contributed by atoms with E-state index >= 15 is 0 Å². The van der Waals surface area contributed by atoms with Crippen LogP contribution in [-0.2, 0) is 21.4 Å². The highest BCUT2D eigenvalue weighted by atomic mass is 32.2. The average molecular weight is 407 g/mol. The fourth-order valence-electron chi connectivity index (χ4n) is 2.79. The molecule has 1 amide bonds. The lowest BCUT2D eigenvalue weighted by Gasteiger charge is -2.28. The number of methoxy groups -OCH3 is 1. The van der Waals surface area contributed by atoms with Gasteiger partial charge in [0.15, 0.2) is 0 Å². The van der Waals surface area contributed by atoms with Crippen molar-refractivity contribution < 1.29 is 22.7 Å². The molecule has 2 aromatic rings. The van der Waals surface area contributed by atoms with Crippen LogP contribution in [0.25, 0.3) is 0 Å². The molecule has 0 aromatic heterocycles. The zero-order valence-corrected chi connectivity index (χ0v) is 17.3. The predicted octanol–water partition coefficient (Wildman–Crippen LogP) is 2.56. The number of ether oxygens (including phenoxy) is 2. The van der Waals surface area contributed by atoms with Crippen LogP contribution in [0.2, 0.25) is 0 Å². The molecule has 0 saturated heterocycles. The third-order valence-corrected chi connectivity index (χ3v) is 5.33. The van der Waals surface area contributed by atoms with E-state index < -0.39 is 22.0 Å². The first-order valence-corrected chi connectivity index (χ1v) is 10.7. The summed E-state index contributed by atoms with van der Waals surface area (Å²) in [6.45, 7) is 4.27. The number of hydrogen-bond donors (Lipinski definition) is 1. The molecule has 0 saturated carbocycles. The molecule has 0 aliphatic heterocycles. The van der Waals surface area contributed by atoms with E-state index in [0.29, 0.717) is 18.0 Å². The van der Waals surface area contributed by atoms with Gasteiger partial charge in [-0.05, 0) is 55.8 Å². The van der Waals surface area contributed by atoms with Gasteiger partial charge in [-0.25, -0.2) is 8.42 Å². The molecular weight excluding hydrogens is 380 g/mol. The highest BCUT2D eigenvalue weighted by Crippen LogP contribution is 2.24. The van der Waals surface area contributed by atoms with Gasteiger partial charge in [0.2, 0.25) is 15.9 Å². The van der Waals surface area contributed by atoms with Gasteiger partial charge in [0, 0.05) is 6.54 Å². The minimum atomic E-state index is -3.67. The maximum Gasteiger partial charge on any atom is 0.243 e. The van der Waals surface area contributed by atoms with Crippen LogP contribution in [0.5, 0.6) is 11.5 Å². The summed E-state index contributed by atoms with van der Waals surface area (Å²) in [7, 11) is -2.14. The van der Waals surface area contributed by atoms with Crippen LogP contribution in [0.15, 0.2) is 48.5 Å². The molecule has 28 heavy (non-hydrogen) atoms. The van der Waals surface area contributed by atoms with E-state index in [9.17, 15) is 13.2 Å². The molecule has 0 radical (unpaired) electrons. The molecule has 0 bridgehead atoms. The Morgan fingerprint density at radius 2 is 1.82 bits per heavy atom. The van der Waals surface area contributed by atoms with Gasteiger partial charge in [-0.15, -0.1) is 0 Å². The van der Waals surface area contributed by atoms with E-state index in [4.69, 9.17) is 9.47 Å². The molecular formula is C20H26N2O5S. The first-order chi connectivity index (χ1) is 13.3. The summed E-state index contributed by atoms with van der Waals surface area (Å²) in [6.07, 6.45) is 1.08. The topological polar surface area (TPSA) is 84.9 Å². The van der Waals surface area contributed by atoms with Crippen LogP contribution in [0.4, 0.5) is 5.69 Å². The fourth-order valence-corrected chi connectivity index (χ4v) is 3.96. The molecule has 0 spiro atoms. The van der Waals surface area contributed by atoms with Crippen molar-refractivity contribution in [3.05, 3.63) is 54.1 Å². The van der Waals surface area contributed by atoms with Gasteiger partial charge in [-0.3, -0.25) is 9.10 Å². The van der Waals surface area contributed by atoms with Gasteiger partial charge >= 0.3 is 0 Å². The highest BCUT2D eigenvalue weighted by molar-refractivity contribution is 7.92. The van der Waals surface area contributed by atoms with Crippen molar-refractivity contribution >= 4 is 21.6 Å². The molecule has 152 valence electrons. The zero-order chi connectivity index (χ0) is 20.7. The van der Waals surface area contributed by atoms with Crippen LogP contribution in [0.3, 0.4) is 0 Å². The number of nitrogens with one attached hydrogen (secondary N) is 1. The monoisotopic (exact) mass is 406 g/mol. The Hall–Kier alpha value is -2.74. The SMILES string of the molecule is CCOc1cccc(CNC(=O)C(C)N(c2ccc(OC)cc2)S(C)(=O)=O)c1. The van der Waals surface area contributed by atoms with E-state index in [1.54, 1.807) is 31.2 Å². The fraction of sp³-hybridized carbons (Fsp3) is 0.350. The summed E-state index contributed by atoms with van der Waals surface area (Å²) >= 11 is 0.